The summed E-state index contributed by atoms with van der Waals surface area (Å²) < 4.78 is 5.16. The van der Waals surface area contributed by atoms with Crippen molar-refractivity contribution in [3.05, 3.63) is 54.0 Å². The summed E-state index contributed by atoms with van der Waals surface area (Å²) in [7, 11) is 0. The van der Waals surface area contributed by atoms with Crippen molar-refractivity contribution < 1.29 is 14.0 Å². The van der Waals surface area contributed by atoms with Crippen LogP contribution in [0.15, 0.2) is 47.1 Å². The zero-order valence-electron chi connectivity index (χ0n) is 11.9. The second kappa shape index (κ2) is 7.37. The highest BCUT2D eigenvalue weighted by Gasteiger charge is 2.12. The summed E-state index contributed by atoms with van der Waals surface area (Å²) in [6.45, 7) is 1.65. The molecule has 1 aromatic carbocycles. The number of hydrogen-bond acceptors (Lipinski definition) is 4. The Morgan fingerprint density at radius 2 is 1.95 bits per heavy atom. The standard InChI is InChI=1S/C15H15N3O3S/c1-10(19)17-15(22)18-13-7-3-2-6-12(13)14(20)16-9-11-5-4-8-21-11/h2-8H,9H2,1H3,(H,16,20)(H2,17,18,19,22). The van der Waals surface area contributed by atoms with Crippen molar-refractivity contribution in [1.29, 1.82) is 0 Å². The fraction of sp³-hybridized carbons (Fsp3) is 0.133. The topological polar surface area (TPSA) is 83.4 Å². The van der Waals surface area contributed by atoms with Crippen LogP contribution in [-0.2, 0) is 11.3 Å². The molecule has 2 rings (SSSR count). The number of thiocarbonyl (C=S) groups is 1. The summed E-state index contributed by atoms with van der Waals surface area (Å²) >= 11 is 5.00. The lowest BCUT2D eigenvalue weighted by atomic mass is 10.1. The minimum atomic E-state index is -0.280. The fourth-order valence-electron chi connectivity index (χ4n) is 1.78. The summed E-state index contributed by atoms with van der Waals surface area (Å²) in [5.74, 6) is 0.106. The first-order valence-electron chi connectivity index (χ1n) is 6.54. The highest BCUT2D eigenvalue weighted by atomic mass is 32.1. The van der Waals surface area contributed by atoms with Gasteiger partial charge in [-0.3, -0.25) is 9.59 Å². The average Bonchev–Trinajstić information content (AvgIpc) is 2.97. The maximum absolute atomic E-state index is 12.2. The van der Waals surface area contributed by atoms with E-state index in [-0.39, 0.29) is 23.5 Å². The molecule has 0 unspecified atom stereocenters. The molecule has 114 valence electrons. The molecular formula is C15H15N3O3S. The van der Waals surface area contributed by atoms with Crippen molar-refractivity contribution in [1.82, 2.24) is 10.6 Å². The van der Waals surface area contributed by atoms with Gasteiger partial charge in [-0.1, -0.05) is 12.1 Å². The molecule has 0 saturated carbocycles. The number of amides is 2. The van der Waals surface area contributed by atoms with E-state index in [1.54, 1.807) is 42.7 Å². The summed E-state index contributed by atoms with van der Waals surface area (Å²) in [5, 5.41) is 8.17. The number of hydrogen-bond donors (Lipinski definition) is 3. The van der Waals surface area contributed by atoms with Gasteiger partial charge in [-0.2, -0.15) is 0 Å². The first kappa shape index (κ1) is 15.7. The van der Waals surface area contributed by atoms with E-state index in [0.29, 0.717) is 17.0 Å². The number of nitrogens with one attached hydrogen (secondary N) is 3. The van der Waals surface area contributed by atoms with Crippen LogP contribution in [-0.4, -0.2) is 16.9 Å². The van der Waals surface area contributed by atoms with Crippen molar-refractivity contribution >= 4 is 34.8 Å². The van der Waals surface area contributed by atoms with E-state index in [9.17, 15) is 9.59 Å². The lowest BCUT2D eigenvalue weighted by Gasteiger charge is -2.12. The van der Waals surface area contributed by atoms with Gasteiger partial charge in [0.2, 0.25) is 5.91 Å². The van der Waals surface area contributed by atoms with Crippen molar-refractivity contribution in [3.63, 3.8) is 0 Å². The highest BCUT2D eigenvalue weighted by molar-refractivity contribution is 7.80. The van der Waals surface area contributed by atoms with Gasteiger partial charge in [0.05, 0.1) is 24.1 Å². The zero-order valence-corrected chi connectivity index (χ0v) is 12.7. The Bertz CT molecular complexity index is 683. The minimum absolute atomic E-state index is 0.138. The van der Waals surface area contributed by atoms with Gasteiger partial charge in [0.1, 0.15) is 5.76 Å². The predicted octanol–water partition coefficient (Wildman–Crippen LogP) is 2.04. The lowest BCUT2D eigenvalue weighted by molar-refractivity contribution is -0.117. The van der Waals surface area contributed by atoms with Crippen LogP contribution in [0.25, 0.3) is 0 Å². The summed E-state index contributed by atoms with van der Waals surface area (Å²) in [6.07, 6.45) is 1.54. The van der Waals surface area contributed by atoms with E-state index in [0.717, 1.165) is 0 Å². The van der Waals surface area contributed by atoms with Gasteiger partial charge in [-0.05, 0) is 36.5 Å². The van der Waals surface area contributed by atoms with Gasteiger partial charge in [0.15, 0.2) is 5.11 Å². The molecule has 0 aliphatic carbocycles. The molecule has 0 saturated heterocycles. The van der Waals surface area contributed by atoms with Crippen LogP contribution in [0.1, 0.15) is 23.0 Å². The Morgan fingerprint density at radius 3 is 2.64 bits per heavy atom. The second-order valence-corrected chi connectivity index (χ2v) is 4.85. The number of furan rings is 1. The van der Waals surface area contributed by atoms with Gasteiger partial charge >= 0.3 is 0 Å². The largest absolute Gasteiger partial charge is 0.467 e. The molecule has 0 radical (unpaired) electrons. The lowest BCUT2D eigenvalue weighted by Crippen LogP contribution is -2.33. The molecular weight excluding hydrogens is 302 g/mol. The monoisotopic (exact) mass is 317 g/mol. The molecule has 1 heterocycles. The molecule has 1 aromatic heterocycles. The number of para-hydroxylation sites is 1. The first-order valence-corrected chi connectivity index (χ1v) is 6.95. The van der Waals surface area contributed by atoms with E-state index in [1.165, 1.54) is 6.92 Å². The molecule has 0 aliphatic heterocycles. The van der Waals surface area contributed by atoms with Crippen molar-refractivity contribution in [2.75, 3.05) is 5.32 Å². The third-order valence-corrected chi connectivity index (χ3v) is 2.92. The van der Waals surface area contributed by atoms with Crippen LogP contribution in [0.2, 0.25) is 0 Å². The van der Waals surface area contributed by atoms with Gasteiger partial charge in [-0.25, -0.2) is 0 Å². The molecule has 6 nitrogen and oxygen atoms in total. The summed E-state index contributed by atoms with van der Waals surface area (Å²) in [6, 6.07) is 10.4. The van der Waals surface area contributed by atoms with Crippen molar-refractivity contribution in [3.8, 4) is 0 Å². The Hall–Kier alpha value is -2.67. The minimum Gasteiger partial charge on any atom is -0.467 e. The van der Waals surface area contributed by atoms with E-state index >= 15 is 0 Å². The SMILES string of the molecule is CC(=O)NC(=S)Nc1ccccc1C(=O)NCc1ccco1. The smallest absolute Gasteiger partial charge is 0.253 e. The van der Waals surface area contributed by atoms with Crippen LogP contribution in [0.5, 0.6) is 0 Å². The third kappa shape index (κ3) is 4.42. The van der Waals surface area contributed by atoms with Gasteiger partial charge < -0.3 is 20.4 Å². The van der Waals surface area contributed by atoms with Crippen molar-refractivity contribution in [2.24, 2.45) is 0 Å². The molecule has 7 heteroatoms. The van der Waals surface area contributed by atoms with Crippen LogP contribution < -0.4 is 16.0 Å². The second-order valence-electron chi connectivity index (χ2n) is 4.44. The number of benzene rings is 1. The van der Waals surface area contributed by atoms with Crippen LogP contribution in [0.3, 0.4) is 0 Å². The Labute approximate surface area is 132 Å². The van der Waals surface area contributed by atoms with Crippen molar-refractivity contribution in [2.45, 2.75) is 13.5 Å². The molecule has 0 spiro atoms. The van der Waals surface area contributed by atoms with Gasteiger partial charge in [-0.15, -0.1) is 0 Å². The van der Waals surface area contributed by atoms with Crippen LogP contribution in [0, 0.1) is 0 Å². The molecule has 0 atom stereocenters. The van der Waals surface area contributed by atoms with Crippen LogP contribution in [0.4, 0.5) is 5.69 Å². The van der Waals surface area contributed by atoms with E-state index < -0.39 is 0 Å². The first-order chi connectivity index (χ1) is 10.6. The third-order valence-electron chi connectivity index (χ3n) is 2.71. The van der Waals surface area contributed by atoms with E-state index in [4.69, 9.17) is 16.6 Å². The molecule has 2 aromatic rings. The molecule has 0 aliphatic rings. The maximum Gasteiger partial charge on any atom is 0.253 e. The van der Waals surface area contributed by atoms with Gasteiger partial charge in [0, 0.05) is 6.92 Å². The fourth-order valence-corrected chi connectivity index (χ4v) is 2.03. The number of rotatable bonds is 4. The zero-order chi connectivity index (χ0) is 15.9. The Balaban J connectivity index is 2.05. The molecule has 2 amide bonds. The molecule has 0 bridgehead atoms. The quantitative estimate of drug-likeness (QED) is 0.752. The molecule has 3 N–H and O–H groups in total. The summed E-state index contributed by atoms with van der Waals surface area (Å²) in [5.41, 5.74) is 0.931. The number of carbonyl (C=O) groups excluding carboxylic acids is 2. The molecule has 0 fully saturated rings. The van der Waals surface area contributed by atoms with E-state index in [2.05, 4.69) is 16.0 Å². The Morgan fingerprint density at radius 1 is 1.18 bits per heavy atom. The average molecular weight is 317 g/mol. The molecule has 22 heavy (non-hydrogen) atoms. The number of anilines is 1. The normalized spacial score (nSPS) is 9.86. The van der Waals surface area contributed by atoms with Gasteiger partial charge in [0.25, 0.3) is 5.91 Å². The summed E-state index contributed by atoms with van der Waals surface area (Å²) in [4.78, 5) is 23.2. The van der Waals surface area contributed by atoms with Crippen LogP contribution >= 0.6 is 12.2 Å². The predicted molar refractivity (Wildman–Crippen MR) is 86.4 cm³/mol. The Kier molecular flexibility index (Phi) is 5.26. The highest BCUT2D eigenvalue weighted by Crippen LogP contribution is 2.15. The maximum atomic E-state index is 12.2. The number of carbonyl (C=O) groups is 2. The van der Waals surface area contributed by atoms with E-state index in [1.807, 2.05) is 0 Å².